The topological polar surface area (TPSA) is 74.8 Å². The highest BCUT2D eigenvalue weighted by Crippen LogP contribution is 2.45. The van der Waals surface area contributed by atoms with E-state index in [0.717, 1.165) is 80.2 Å². The number of nitrogens with zero attached hydrogens (tertiary/aromatic N) is 4. The van der Waals surface area contributed by atoms with Crippen LogP contribution in [0.4, 0.5) is 5.82 Å². The van der Waals surface area contributed by atoms with Crippen LogP contribution in [0.5, 0.6) is 0 Å². The Kier molecular flexibility index (Phi) is 3.24. The predicted octanol–water partition coefficient (Wildman–Crippen LogP) is 2.23. The molecule has 130 valence electrons. The van der Waals surface area contributed by atoms with E-state index < -0.39 is 0 Å². The maximum Gasteiger partial charge on any atom is 0.254 e. The van der Waals surface area contributed by atoms with Gasteiger partial charge >= 0.3 is 0 Å². The van der Waals surface area contributed by atoms with Gasteiger partial charge in [-0.2, -0.15) is 5.10 Å². The third kappa shape index (κ3) is 2.46. The maximum absolute atomic E-state index is 12.5. The first-order valence-electron chi connectivity index (χ1n) is 9.33. The van der Waals surface area contributed by atoms with Gasteiger partial charge in [-0.05, 0) is 57.6 Å². The Balaban J connectivity index is 1.52. The molecule has 6 nitrogen and oxygen atoms in total. The summed E-state index contributed by atoms with van der Waals surface area (Å²) < 4.78 is 0. The van der Waals surface area contributed by atoms with E-state index in [1.54, 1.807) is 0 Å². The summed E-state index contributed by atoms with van der Waals surface area (Å²) in [7, 11) is 0. The van der Waals surface area contributed by atoms with E-state index in [9.17, 15) is 4.79 Å². The summed E-state index contributed by atoms with van der Waals surface area (Å²) >= 11 is 0. The van der Waals surface area contributed by atoms with Crippen molar-refractivity contribution < 1.29 is 0 Å². The quantitative estimate of drug-likeness (QED) is 0.909. The molecule has 0 bridgehead atoms. The Morgan fingerprint density at radius 2 is 2.12 bits per heavy atom. The number of hydrogen-bond acceptors (Lipinski definition) is 5. The highest BCUT2D eigenvalue weighted by Gasteiger charge is 2.45. The van der Waals surface area contributed by atoms with E-state index in [0.29, 0.717) is 5.92 Å². The lowest BCUT2D eigenvalue weighted by Crippen LogP contribution is -2.46. The Bertz CT molecular complexity index is 870. The van der Waals surface area contributed by atoms with Crippen molar-refractivity contribution in [1.29, 1.82) is 0 Å². The van der Waals surface area contributed by atoms with Gasteiger partial charge in [0.25, 0.3) is 5.56 Å². The number of anilines is 1. The van der Waals surface area contributed by atoms with Crippen LogP contribution in [0.3, 0.4) is 0 Å². The Labute approximate surface area is 146 Å². The molecule has 5 rings (SSSR count). The molecule has 0 aromatic carbocycles. The van der Waals surface area contributed by atoms with E-state index in [2.05, 4.69) is 26.1 Å². The molecular weight excluding hydrogens is 314 g/mol. The number of H-pyrrole nitrogens is 1. The fourth-order valence-electron chi connectivity index (χ4n) is 4.50. The number of rotatable bonds is 2. The van der Waals surface area contributed by atoms with Crippen LogP contribution in [0, 0.1) is 6.92 Å². The van der Waals surface area contributed by atoms with Crippen LogP contribution in [-0.4, -0.2) is 33.3 Å². The normalized spacial score (nSPS) is 25.4. The van der Waals surface area contributed by atoms with Gasteiger partial charge in [-0.15, -0.1) is 5.10 Å². The van der Waals surface area contributed by atoms with Crippen molar-refractivity contribution in [2.24, 2.45) is 0 Å². The second-order valence-corrected chi connectivity index (χ2v) is 7.89. The van der Waals surface area contributed by atoms with Gasteiger partial charge in [0.15, 0.2) is 5.82 Å². The lowest BCUT2D eigenvalue weighted by Gasteiger charge is -2.41. The van der Waals surface area contributed by atoms with E-state index in [1.807, 2.05) is 13.0 Å². The van der Waals surface area contributed by atoms with Gasteiger partial charge in [0.05, 0.1) is 11.4 Å². The molecule has 1 aliphatic heterocycles. The van der Waals surface area contributed by atoms with Crippen molar-refractivity contribution >= 4 is 5.82 Å². The first kappa shape index (κ1) is 15.0. The second-order valence-electron chi connectivity index (χ2n) is 7.89. The summed E-state index contributed by atoms with van der Waals surface area (Å²) in [4.78, 5) is 22.9. The summed E-state index contributed by atoms with van der Waals surface area (Å²) in [5.74, 6) is 2.32. The molecule has 1 saturated carbocycles. The van der Waals surface area contributed by atoms with E-state index in [-0.39, 0.29) is 11.0 Å². The smallest absolute Gasteiger partial charge is 0.254 e. The van der Waals surface area contributed by atoms with Gasteiger partial charge in [-0.1, -0.05) is 0 Å². The minimum Gasteiger partial charge on any atom is -0.354 e. The predicted molar refractivity (Wildman–Crippen MR) is 95.0 cm³/mol. The Hall–Kier alpha value is -2.24. The van der Waals surface area contributed by atoms with Crippen LogP contribution in [0.2, 0.25) is 0 Å². The Morgan fingerprint density at radius 1 is 1.24 bits per heavy atom. The number of aromatic nitrogens is 4. The average molecular weight is 337 g/mol. The highest BCUT2D eigenvalue weighted by molar-refractivity contribution is 5.43. The third-order valence-electron chi connectivity index (χ3n) is 6.04. The zero-order chi connectivity index (χ0) is 17.0. The lowest BCUT2D eigenvalue weighted by atomic mass is 9.77. The lowest BCUT2D eigenvalue weighted by molar-refractivity contribution is 0.332. The fourth-order valence-corrected chi connectivity index (χ4v) is 4.50. The molecule has 3 aliphatic rings. The number of fused-ring (bicyclic) bond motifs is 2. The molecule has 0 radical (unpaired) electrons. The zero-order valence-corrected chi connectivity index (χ0v) is 14.6. The van der Waals surface area contributed by atoms with Crippen LogP contribution < -0.4 is 10.5 Å². The molecule has 6 heteroatoms. The first-order valence-corrected chi connectivity index (χ1v) is 9.33. The van der Waals surface area contributed by atoms with Gasteiger partial charge in [0, 0.05) is 30.0 Å². The molecule has 1 atom stereocenters. The minimum atomic E-state index is -0.00194. The number of hydrogen-bond donors (Lipinski definition) is 1. The van der Waals surface area contributed by atoms with Crippen LogP contribution in [0.15, 0.2) is 16.9 Å². The number of aromatic amines is 1. The van der Waals surface area contributed by atoms with E-state index in [1.165, 1.54) is 0 Å². The number of nitrogens with one attached hydrogen (secondary N) is 1. The molecule has 2 fully saturated rings. The number of aryl methyl sites for hydroxylation is 1. The standard InChI is InChI=1S/C19H23N5O/c1-12-3-6-15(23-22-12)24-10-2-8-19(11-24)9-7-14-16(19)20-17(13-4-5-13)21-18(14)25/h3,6,13H,2,4-5,7-11H2,1H3,(H,20,21,25). The molecule has 25 heavy (non-hydrogen) atoms. The largest absolute Gasteiger partial charge is 0.354 e. The molecular formula is C19H23N5O. The van der Waals surface area contributed by atoms with Crippen molar-refractivity contribution in [1.82, 2.24) is 20.2 Å². The van der Waals surface area contributed by atoms with Gasteiger partial charge < -0.3 is 9.88 Å². The van der Waals surface area contributed by atoms with E-state index in [4.69, 9.17) is 4.98 Å². The molecule has 1 spiro atoms. The second kappa shape index (κ2) is 5.38. The Morgan fingerprint density at radius 3 is 2.88 bits per heavy atom. The first-order chi connectivity index (χ1) is 12.1. The van der Waals surface area contributed by atoms with E-state index >= 15 is 0 Å². The van der Waals surface area contributed by atoms with Crippen molar-refractivity contribution in [2.75, 3.05) is 18.0 Å². The summed E-state index contributed by atoms with van der Waals surface area (Å²) in [6, 6.07) is 4.07. The van der Waals surface area contributed by atoms with Crippen LogP contribution >= 0.6 is 0 Å². The molecule has 2 aromatic rings. The molecule has 2 aliphatic carbocycles. The average Bonchev–Trinajstić information content (AvgIpc) is 3.41. The SMILES string of the molecule is Cc1ccc(N2CCCC3(CCc4c3nc(C3CC3)[nH]c4=O)C2)nn1. The molecule has 2 aromatic heterocycles. The summed E-state index contributed by atoms with van der Waals surface area (Å²) in [5, 5.41) is 8.58. The molecule has 1 saturated heterocycles. The monoisotopic (exact) mass is 337 g/mol. The van der Waals surface area contributed by atoms with Crippen LogP contribution in [0.25, 0.3) is 0 Å². The van der Waals surface area contributed by atoms with Gasteiger partial charge in [0.2, 0.25) is 0 Å². The summed E-state index contributed by atoms with van der Waals surface area (Å²) in [5.41, 5.74) is 3.02. The van der Waals surface area contributed by atoms with Crippen LogP contribution in [-0.2, 0) is 11.8 Å². The van der Waals surface area contributed by atoms with Gasteiger partial charge in [-0.25, -0.2) is 4.98 Å². The zero-order valence-electron chi connectivity index (χ0n) is 14.6. The van der Waals surface area contributed by atoms with Crippen molar-refractivity contribution in [3.8, 4) is 0 Å². The van der Waals surface area contributed by atoms with Crippen molar-refractivity contribution in [3.63, 3.8) is 0 Å². The van der Waals surface area contributed by atoms with Gasteiger partial charge in [0.1, 0.15) is 5.82 Å². The summed E-state index contributed by atoms with van der Waals surface area (Å²) in [6.07, 6.45) is 6.37. The van der Waals surface area contributed by atoms with Crippen molar-refractivity contribution in [3.05, 3.63) is 45.3 Å². The molecule has 1 N–H and O–H groups in total. The maximum atomic E-state index is 12.5. The molecule has 1 unspecified atom stereocenters. The van der Waals surface area contributed by atoms with Gasteiger partial charge in [-0.3, -0.25) is 4.79 Å². The highest BCUT2D eigenvalue weighted by atomic mass is 16.1. The molecule has 0 amide bonds. The van der Waals surface area contributed by atoms with Crippen molar-refractivity contribution in [2.45, 2.75) is 56.8 Å². The fraction of sp³-hybridized carbons (Fsp3) is 0.579. The summed E-state index contributed by atoms with van der Waals surface area (Å²) in [6.45, 7) is 3.84. The van der Waals surface area contributed by atoms with Crippen LogP contribution in [0.1, 0.15) is 60.8 Å². The third-order valence-corrected chi connectivity index (χ3v) is 6.04. The number of piperidine rings is 1. The minimum absolute atomic E-state index is 0.00194. The molecule has 3 heterocycles.